The van der Waals surface area contributed by atoms with Crippen LogP contribution in [0, 0.1) is 11.8 Å². The molecule has 1 saturated carbocycles. The second-order valence-corrected chi connectivity index (χ2v) is 7.15. The van der Waals surface area contributed by atoms with Crippen LogP contribution in [0.4, 0.5) is 0 Å². The minimum atomic E-state index is -1.72. The predicted molar refractivity (Wildman–Crippen MR) is 103 cm³/mol. The van der Waals surface area contributed by atoms with Gasteiger partial charge in [-0.1, -0.05) is 6.07 Å². The average Bonchev–Trinajstić information content (AvgIpc) is 2.62. The van der Waals surface area contributed by atoms with Gasteiger partial charge in [0.1, 0.15) is 5.92 Å². The highest BCUT2D eigenvalue weighted by Gasteiger charge is 2.57. The van der Waals surface area contributed by atoms with Crippen LogP contribution in [0.5, 0.6) is 11.5 Å². The Morgan fingerprint density at radius 3 is 2.31 bits per heavy atom. The van der Waals surface area contributed by atoms with Crippen molar-refractivity contribution in [2.24, 2.45) is 11.8 Å². The van der Waals surface area contributed by atoms with Crippen LogP contribution in [0.1, 0.15) is 45.6 Å². The maximum absolute atomic E-state index is 12.8. The summed E-state index contributed by atoms with van der Waals surface area (Å²) in [5.41, 5.74) is -1.34. The Morgan fingerprint density at radius 2 is 1.72 bits per heavy atom. The fourth-order valence-corrected chi connectivity index (χ4v) is 3.89. The first kappa shape index (κ1) is 22.7. The number of rotatable bonds is 7. The molecule has 8 nitrogen and oxygen atoms in total. The summed E-state index contributed by atoms with van der Waals surface area (Å²) in [5, 5.41) is 20.9. The number of ketones is 1. The Bertz CT molecular complexity index is 770. The maximum Gasteiger partial charge on any atom is 0.317 e. The number of aromatic hydroxyl groups is 1. The summed E-state index contributed by atoms with van der Waals surface area (Å²) in [6.45, 7) is 6.79. The molecule has 29 heavy (non-hydrogen) atoms. The predicted octanol–water partition coefficient (Wildman–Crippen LogP) is 1.96. The normalized spacial score (nSPS) is 26.7. The van der Waals surface area contributed by atoms with Crippen molar-refractivity contribution in [1.82, 2.24) is 0 Å². The third-order valence-electron chi connectivity index (χ3n) is 5.02. The number of hydrogen-bond acceptors (Lipinski definition) is 8. The minimum absolute atomic E-state index is 0.0651. The second-order valence-electron chi connectivity index (χ2n) is 7.15. The Morgan fingerprint density at radius 1 is 1.10 bits per heavy atom. The summed E-state index contributed by atoms with van der Waals surface area (Å²) in [5.74, 6) is -5.49. The van der Waals surface area contributed by atoms with Crippen LogP contribution in [0.2, 0.25) is 0 Å². The second kappa shape index (κ2) is 9.26. The molecule has 0 aliphatic heterocycles. The molecule has 0 aromatic heterocycles. The van der Waals surface area contributed by atoms with Crippen molar-refractivity contribution >= 4 is 17.7 Å². The molecule has 4 atom stereocenters. The van der Waals surface area contributed by atoms with E-state index >= 15 is 0 Å². The van der Waals surface area contributed by atoms with Gasteiger partial charge in [-0.3, -0.25) is 14.4 Å². The zero-order valence-electron chi connectivity index (χ0n) is 17.1. The lowest BCUT2D eigenvalue weighted by Crippen LogP contribution is -2.55. The van der Waals surface area contributed by atoms with Crippen LogP contribution < -0.4 is 4.74 Å². The molecular weight excluding hydrogens is 380 g/mol. The lowest BCUT2D eigenvalue weighted by molar-refractivity contribution is -0.172. The third kappa shape index (κ3) is 4.70. The molecule has 160 valence electrons. The van der Waals surface area contributed by atoms with Crippen LogP contribution in [-0.4, -0.2) is 53.4 Å². The number of Topliss-reactive ketones (excluding diaryl/α,β-unsaturated/α-hetero) is 1. The maximum atomic E-state index is 12.8. The highest BCUT2D eigenvalue weighted by atomic mass is 16.5. The van der Waals surface area contributed by atoms with Gasteiger partial charge in [0.2, 0.25) is 0 Å². The highest BCUT2D eigenvalue weighted by molar-refractivity contribution is 6.02. The molecule has 1 aliphatic rings. The van der Waals surface area contributed by atoms with Crippen molar-refractivity contribution in [2.75, 3.05) is 19.8 Å². The number of ether oxygens (including phenoxy) is 3. The minimum Gasteiger partial charge on any atom is -0.504 e. The molecule has 1 fully saturated rings. The van der Waals surface area contributed by atoms with Crippen LogP contribution in [0.3, 0.4) is 0 Å². The van der Waals surface area contributed by atoms with Crippen molar-refractivity contribution in [3.05, 3.63) is 23.8 Å². The van der Waals surface area contributed by atoms with Gasteiger partial charge in [0.15, 0.2) is 17.3 Å². The van der Waals surface area contributed by atoms with E-state index in [0.717, 1.165) is 0 Å². The molecule has 1 aromatic rings. The molecular formula is C21H28O8. The number of esters is 2. The Hall–Kier alpha value is -2.61. The quantitative estimate of drug-likeness (QED) is 0.519. The van der Waals surface area contributed by atoms with Crippen LogP contribution in [0.25, 0.3) is 0 Å². The molecule has 8 heteroatoms. The smallest absolute Gasteiger partial charge is 0.317 e. The van der Waals surface area contributed by atoms with Gasteiger partial charge in [-0.2, -0.15) is 0 Å². The van der Waals surface area contributed by atoms with Crippen molar-refractivity contribution in [1.29, 1.82) is 0 Å². The SMILES string of the molecule is CCOC(=O)[C@@H]1C(=O)C[C@](C)(O)[C@@H](C(=O)OCC)[C@@H]1c1ccc(O)c(OCC)c1. The van der Waals surface area contributed by atoms with Crippen LogP contribution in [0.15, 0.2) is 18.2 Å². The summed E-state index contributed by atoms with van der Waals surface area (Å²) in [6, 6.07) is 4.32. The number of carbonyl (C=O) groups excluding carboxylic acids is 3. The zero-order valence-corrected chi connectivity index (χ0v) is 17.1. The summed E-state index contributed by atoms with van der Waals surface area (Å²) in [6.07, 6.45) is -0.382. The first-order chi connectivity index (χ1) is 13.7. The standard InChI is InChI=1S/C21H28O8/c1-5-27-15-10-12(8-9-13(15)22)16-17(19(24)28-6-2)14(23)11-21(4,26)18(16)20(25)29-7-3/h8-10,16-18,22,26H,5-7,11H2,1-4H3/t16-,17-,18-,21+/m1/s1. The zero-order chi connectivity index (χ0) is 21.8. The number of benzene rings is 1. The van der Waals surface area contributed by atoms with E-state index in [1.54, 1.807) is 20.8 Å². The molecule has 0 heterocycles. The number of hydrogen-bond donors (Lipinski definition) is 2. The van der Waals surface area contributed by atoms with Gasteiger partial charge in [0.25, 0.3) is 0 Å². The molecule has 1 aromatic carbocycles. The number of phenols is 1. The van der Waals surface area contributed by atoms with E-state index in [1.807, 2.05) is 0 Å². The van der Waals surface area contributed by atoms with Gasteiger partial charge in [0, 0.05) is 12.3 Å². The first-order valence-corrected chi connectivity index (χ1v) is 9.71. The highest BCUT2D eigenvalue weighted by Crippen LogP contribution is 2.48. The lowest BCUT2D eigenvalue weighted by Gasteiger charge is -2.43. The molecule has 0 unspecified atom stereocenters. The van der Waals surface area contributed by atoms with Gasteiger partial charge < -0.3 is 24.4 Å². The summed E-state index contributed by atoms with van der Waals surface area (Å²) >= 11 is 0. The molecule has 0 bridgehead atoms. The molecule has 1 aliphatic carbocycles. The molecule has 2 rings (SSSR count). The molecule has 2 N–H and O–H groups in total. The van der Waals surface area contributed by atoms with E-state index in [0.29, 0.717) is 5.56 Å². The van der Waals surface area contributed by atoms with Crippen LogP contribution >= 0.6 is 0 Å². The third-order valence-corrected chi connectivity index (χ3v) is 5.02. The average molecular weight is 408 g/mol. The lowest BCUT2D eigenvalue weighted by atomic mass is 9.61. The summed E-state index contributed by atoms with van der Waals surface area (Å²) in [4.78, 5) is 38.3. The Balaban J connectivity index is 2.66. The van der Waals surface area contributed by atoms with Crippen molar-refractivity contribution in [2.45, 2.75) is 45.6 Å². The first-order valence-electron chi connectivity index (χ1n) is 9.71. The van der Waals surface area contributed by atoms with Crippen molar-refractivity contribution in [3.8, 4) is 11.5 Å². The largest absolute Gasteiger partial charge is 0.504 e. The number of aliphatic hydroxyl groups is 1. The van der Waals surface area contributed by atoms with E-state index in [9.17, 15) is 24.6 Å². The summed E-state index contributed by atoms with van der Waals surface area (Å²) < 4.78 is 15.6. The molecule has 0 amide bonds. The topological polar surface area (TPSA) is 119 Å². The monoisotopic (exact) mass is 408 g/mol. The molecule has 0 saturated heterocycles. The molecule has 0 radical (unpaired) electrons. The van der Waals surface area contributed by atoms with E-state index < -0.39 is 41.1 Å². The van der Waals surface area contributed by atoms with Gasteiger partial charge in [-0.15, -0.1) is 0 Å². The Labute approximate surface area is 169 Å². The van der Waals surface area contributed by atoms with E-state index in [4.69, 9.17) is 14.2 Å². The van der Waals surface area contributed by atoms with Crippen molar-refractivity contribution in [3.63, 3.8) is 0 Å². The summed E-state index contributed by atoms with van der Waals surface area (Å²) in [7, 11) is 0. The van der Waals surface area contributed by atoms with Gasteiger partial charge in [-0.25, -0.2) is 0 Å². The van der Waals surface area contributed by atoms with E-state index in [1.165, 1.54) is 25.1 Å². The fraction of sp³-hybridized carbons (Fsp3) is 0.571. The fourth-order valence-electron chi connectivity index (χ4n) is 3.89. The van der Waals surface area contributed by atoms with Crippen LogP contribution in [-0.2, 0) is 23.9 Å². The number of carbonyl (C=O) groups is 3. The number of phenolic OH excluding ortho intramolecular Hbond substituents is 1. The Kier molecular flexibility index (Phi) is 7.24. The van der Waals surface area contributed by atoms with E-state index in [-0.39, 0.29) is 37.7 Å². The van der Waals surface area contributed by atoms with Gasteiger partial charge in [-0.05, 0) is 45.4 Å². The van der Waals surface area contributed by atoms with Gasteiger partial charge in [0.05, 0.1) is 31.3 Å². The molecule has 0 spiro atoms. The van der Waals surface area contributed by atoms with Gasteiger partial charge >= 0.3 is 11.9 Å². The van der Waals surface area contributed by atoms with Crippen molar-refractivity contribution < 1.29 is 38.8 Å². The van der Waals surface area contributed by atoms with E-state index in [2.05, 4.69) is 0 Å².